The summed E-state index contributed by atoms with van der Waals surface area (Å²) in [5, 5.41) is 0. The van der Waals surface area contributed by atoms with E-state index in [0.29, 0.717) is 11.4 Å². The first-order valence-electron chi connectivity index (χ1n) is 7.32. The van der Waals surface area contributed by atoms with Crippen LogP contribution in [0.1, 0.15) is 6.92 Å². The molecule has 18 heavy (non-hydrogen) atoms. The van der Waals surface area contributed by atoms with Crippen LogP contribution in [0.25, 0.3) is 0 Å². The van der Waals surface area contributed by atoms with Crippen LogP contribution in [0, 0.1) is 0 Å². The number of hydrogen-bond donors (Lipinski definition) is 0. The van der Waals surface area contributed by atoms with Crippen LogP contribution in [0.4, 0.5) is 0 Å². The summed E-state index contributed by atoms with van der Waals surface area (Å²) in [6.45, 7) is -1.26. The third kappa shape index (κ3) is 0.0596. The molecule has 10 heterocycles. The third-order valence-electron chi connectivity index (χ3n) is 15.7. The molecule has 96 valence electrons. The molecule has 5 atom stereocenters. The topological polar surface area (TPSA) is 43.4 Å². The Hall–Kier alpha value is -0.341. The first-order valence-corrected chi connectivity index (χ1v) is 13.5. The average molecular weight is 286 g/mol. The monoisotopic (exact) mass is 286 g/mol. The normalized spacial score (nSPS) is 117. The van der Waals surface area contributed by atoms with E-state index in [2.05, 4.69) is 0 Å². The third-order valence-corrected chi connectivity index (χ3v) is 58.5. The van der Waals surface area contributed by atoms with Crippen LogP contribution in [-0.4, -0.2) is 18.9 Å². The minimum atomic E-state index is -3.72. The van der Waals surface area contributed by atoms with Crippen molar-refractivity contribution >= 4 is 12.3 Å². The molecule has 0 radical (unpaired) electrons. The van der Waals surface area contributed by atoms with Crippen LogP contribution in [0.15, 0.2) is 0 Å². The van der Waals surface area contributed by atoms with Crippen LogP contribution in [0.3, 0.4) is 0 Å². The molecular formula is C14H14FeO3. The minimum absolute atomic E-state index is 0.0747. The number of ether oxygens (including phenoxy) is 1. The van der Waals surface area contributed by atoms with Crippen molar-refractivity contribution in [2.24, 2.45) is 0 Å². The van der Waals surface area contributed by atoms with Gasteiger partial charge in [-0.3, -0.25) is 0 Å². The van der Waals surface area contributed by atoms with E-state index >= 15 is 0 Å². The molecule has 4 heteroatoms. The van der Waals surface area contributed by atoms with E-state index in [1.54, 1.807) is 0 Å². The van der Waals surface area contributed by atoms with Crippen molar-refractivity contribution in [3.63, 3.8) is 0 Å². The predicted molar refractivity (Wildman–Crippen MR) is 58.1 cm³/mol. The SMILES string of the molecule is CCOC(=O)[C]12[CH]3[CH]4[C]5(C=O)[CH]1[Fe]43521678[CH]2[CH]1[CH]6[CH]7[CH]28. The van der Waals surface area contributed by atoms with Gasteiger partial charge in [0.25, 0.3) is 0 Å². The molecule has 0 aromatic rings. The molecule has 10 rings (SSSR count). The zero-order valence-electron chi connectivity index (χ0n) is 9.98. The van der Waals surface area contributed by atoms with Gasteiger partial charge in [0.15, 0.2) is 0 Å². The molecule has 0 aliphatic carbocycles. The quantitative estimate of drug-likeness (QED) is 0.455. The molecule has 10 saturated heterocycles. The van der Waals surface area contributed by atoms with Crippen molar-refractivity contribution in [1.29, 1.82) is 0 Å². The molecule has 0 N–H and O–H groups in total. The first kappa shape index (κ1) is 6.90. The second kappa shape index (κ2) is 0.544. The first-order chi connectivity index (χ1) is 8.47. The number of rotatable bonds is 3. The van der Waals surface area contributed by atoms with Gasteiger partial charge in [-0.1, -0.05) is 0 Å². The standard InChI is InChI=1S/C9H9O3.C5H5.Fe/c1-2-12-9(11)8-4-3-7(5-8)6-10;1-2-4-5-3-1;/h3-6H,2H2,1H3;1-5H;. The van der Waals surface area contributed by atoms with Gasteiger partial charge in [0.2, 0.25) is 0 Å². The van der Waals surface area contributed by atoms with Crippen LogP contribution in [0.2, 0.25) is 47.2 Å². The van der Waals surface area contributed by atoms with Crippen LogP contribution >= 0.6 is 0 Å². The fourth-order valence-corrected chi connectivity index (χ4v) is 92.6. The summed E-state index contributed by atoms with van der Waals surface area (Å²) >= 11 is 0. The Morgan fingerprint density at radius 3 is 2.17 bits per heavy atom. The molecule has 1 spiro atoms. The Balaban J connectivity index is 1.60. The van der Waals surface area contributed by atoms with Gasteiger partial charge in [-0.2, -0.15) is 0 Å². The Kier molecular flexibility index (Phi) is 0.208. The van der Waals surface area contributed by atoms with Gasteiger partial charge in [0, 0.05) is 0 Å². The molecular weight excluding hydrogens is 272 g/mol. The van der Waals surface area contributed by atoms with Gasteiger partial charge < -0.3 is 0 Å². The maximum atomic E-state index is 12.8. The summed E-state index contributed by atoms with van der Waals surface area (Å²) in [5.41, 5.74) is 0. The van der Waals surface area contributed by atoms with Crippen LogP contribution in [-0.2, 0) is 20.8 Å². The second-order valence-electron chi connectivity index (χ2n) is 10.7. The Morgan fingerprint density at radius 2 is 1.83 bits per heavy atom. The van der Waals surface area contributed by atoms with Gasteiger partial charge in [0.1, 0.15) is 0 Å². The summed E-state index contributed by atoms with van der Waals surface area (Å²) in [5.74, 6) is 0.192. The van der Waals surface area contributed by atoms with Gasteiger partial charge >= 0.3 is 93.8 Å². The molecule has 10 aliphatic rings. The van der Waals surface area contributed by atoms with E-state index in [-0.39, 0.29) is 14.6 Å². The summed E-state index contributed by atoms with van der Waals surface area (Å²) in [7, 11) is 0. The van der Waals surface area contributed by atoms with E-state index < -0.39 is 6.51 Å². The number of carbonyl (C=O) groups is 2. The van der Waals surface area contributed by atoms with E-state index in [9.17, 15) is 9.59 Å². The van der Waals surface area contributed by atoms with Gasteiger partial charge in [0.05, 0.1) is 0 Å². The van der Waals surface area contributed by atoms with E-state index in [0.717, 1.165) is 33.7 Å². The van der Waals surface area contributed by atoms with Crippen LogP contribution in [0.5, 0.6) is 0 Å². The van der Waals surface area contributed by atoms with Crippen molar-refractivity contribution in [2.75, 3.05) is 6.61 Å². The van der Waals surface area contributed by atoms with E-state index in [1.165, 1.54) is 6.29 Å². The fraction of sp³-hybridized carbons (Fsp3) is 0.857. The van der Waals surface area contributed by atoms with E-state index in [1.807, 2.05) is 6.92 Å². The van der Waals surface area contributed by atoms with E-state index in [4.69, 9.17) is 4.74 Å². The van der Waals surface area contributed by atoms with Gasteiger partial charge in [-0.15, -0.1) is 0 Å². The number of hydrogen-bond acceptors (Lipinski definition) is 3. The van der Waals surface area contributed by atoms with Gasteiger partial charge in [-0.25, -0.2) is 0 Å². The zero-order valence-corrected chi connectivity index (χ0v) is 11.1. The predicted octanol–water partition coefficient (Wildman–Crippen LogP) is 2.88. The Morgan fingerprint density at radius 1 is 1.22 bits per heavy atom. The number of fused-ring (bicyclic) bond motifs is 10. The molecule has 10 aliphatic heterocycles. The van der Waals surface area contributed by atoms with Crippen molar-refractivity contribution in [2.45, 2.75) is 54.1 Å². The fourth-order valence-electron chi connectivity index (χ4n) is 17.8. The van der Waals surface area contributed by atoms with Gasteiger partial charge in [-0.05, 0) is 0 Å². The number of carbonyl (C=O) groups excluding carboxylic acids is 2. The molecule has 0 amide bonds. The summed E-state index contributed by atoms with van der Waals surface area (Å²) in [6, 6.07) is 0. The molecule has 0 aromatic heterocycles. The second-order valence-corrected chi connectivity index (χ2v) is 33.9. The molecule has 0 saturated carbocycles. The molecule has 0 bridgehead atoms. The van der Waals surface area contributed by atoms with Crippen molar-refractivity contribution in [3.05, 3.63) is 0 Å². The summed E-state index contributed by atoms with van der Waals surface area (Å²) < 4.78 is 5.81. The van der Waals surface area contributed by atoms with Crippen molar-refractivity contribution in [1.82, 2.24) is 0 Å². The average Bonchev–Trinajstić information content (AvgIpc) is 3.31. The van der Waals surface area contributed by atoms with Crippen LogP contribution < -0.4 is 0 Å². The summed E-state index contributed by atoms with van der Waals surface area (Å²) in [6.07, 6.45) is 1.41. The number of esters is 1. The Labute approximate surface area is 93.9 Å². The Bertz CT molecular complexity index is 1080. The molecule has 3 nitrogen and oxygen atoms in total. The van der Waals surface area contributed by atoms with Crippen molar-refractivity contribution in [3.8, 4) is 0 Å². The zero-order chi connectivity index (χ0) is 11.6. The molecule has 0 aromatic carbocycles. The maximum absolute atomic E-state index is 12.8. The summed E-state index contributed by atoms with van der Waals surface area (Å²) in [4.78, 5) is 32.0. The van der Waals surface area contributed by atoms with Crippen molar-refractivity contribution < 1.29 is 20.8 Å². The molecule has 5 unspecified atom stereocenters. The molecule has 10 fully saturated rings. The number of aldehydes is 1.